The lowest BCUT2D eigenvalue weighted by molar-refractivity contribution is -0.139. The average Bonchev–Trinajstić information content (AvgIpc) is 2.62. The Hall–Kier alpha value is -1.18. The van der Waals surface area contributed by atoms with E-state index in [2.05, 4.69) is 0 Å². The second-order valence-electron chi connectivity index (χ2n) is 5.10. The van der Waals surface area contributed by atoms with E-state index in [4.69, 9.17) is 10.7 Å². The minimum absolute atomic E-state index is 0.408. The van der Waals surface area contributed by atoms with Gasteiger partial charge in [-0.3, -0.25) is 0 Å². The summed E-state index contributed by atoms with van der Waals surface area (Å²) in [7, 11) is 0.716. The van der Waals surface area contributed by atoms with Crippen molar-refractivity contribution >= 4 is 31.5 Å². The van der Waals surface area contributed by atoms with E-state index in [-0.39, 0.29) is 0 Å². The van der Waals surface area contributed by atoms with Gasteiger partial charge in [-0.05, 0) is 42.2 Å². The average molecular weight is 379 g/mol. The highest BCUT2D eigenvalue weighted by Gasteiger charge is 2.38. The number of halogens is 4. The van der Waals surface area contributed by atoms with Crippen molar-refractivity contribution in [1.29, 1.82) is 0 Å². The van der Waals surface area contributed by atoms with Gasteiger partial charge in [0, 0.05) is 20.5 Å². The van der Waals surface area contributed by atoms with Crippen LogP contribution in [0.5, 0.6) is 0 Å². The Morgan fingerprint density at radius 2 is 1.65 bits per heavy atom. The number of rotatable bonds is 1. The summed E-state index contributed by atoms with van der Waals surface area (Å²) in [6.07, 6.45) is -3.78. The summed E-state index contributed by atoms with van der Waals surface area (Å²) < 4.78 is 62.7. The molecular formula is C15H10ClF3O2S2. The maximum Gasteiger partial charge on any atom is 0.417 e. The fourth-order valence-corrected chi connectivity index (χ4v) is 4.82. The fourth-order valence-electron chi connectivity index (χ4n) is 2.52. The van der Waals surface area contributed by atoms with Gasteiger partial charge in [-0.1, -0.05) is 30.0 Å². The van der Waals surface area contributed by atoms with Gasteiger partial charge in [0.1, 0.15) is 0 Å². The first-order chi connectivity index (χ1) is 10.7. The molecule has 0 fully saturated rings. The van der Waals surface area contributed by atoms with Crippen LogP contribution in [0, 0.1) is 0 Å². The van der Waals surface area contributed by atoms with Crippen LogP contribution in [0.3, 0.4) is 0 Å². The quantitative estimate of drug-likeness (QED) is 0.663. The molecule has 2 aromatic rings. The summed E-state index contributed by atoms with van der Waals surface area (Å²) >= 11 is 1.26. The highest BCUT2D eigenvalue weighted by Crippen LogP contribution is 2.43. The van der Waals surface area contributed by atoms with Crippen LogP contribution in [0.15, 0.2) is 51.1 Å². The lowest BCUT2D eigenvalue weighted by Gasteiger charge is -2.15. The van der Waals surface area contributed by atoms with Gasteiger partial charge in [-0.15, -0.1) is 0 Å². The molecular weight excluding hydrogens is 369 g/mol. The second-order valence-corrected chi connectivity index (χ2v) is 8.72. The molecule has 2 aromatic carbocycles. The molecule has 122 valence electrons. The van der Waals surface area contributed by atoms with Crippen LogP contribution in [0.25, 0.3) is 0 Å². The molecule has 0 bridgehead atoms. The van der Waals surface area contributed by atoms with Gasteiger partial charge >= 0.3 is 6.18 Å². The molecule has 0 N–H and O–H groups in total. The highest BCUT2D eigenvalue weighted by molar-refractivity contribution is 8.13. The molecule has 2 nitrogen and oxygen atoms in total. The number of aryl methyl sites for hydroxylation is 2. The van der Waals surface area contributed by atoms with Crippen molar-refractivity contribution in [2.75, 3.05) is 0 Å². The van der Waals surface area contributed by atoms with Crippen LogP contribution >= 0.6 is 22.4 Å². The first-order valence-electron chi connectivity index (χ1n) is 6.61. The monoisotopic (exact) mass is 378 g/mol. The van der Waals surface area contributed by atoms with Crippen LogP contribution in [-0.2, 0) is 28.1 Å². The summed E-state index contributed by atoms with van der Waals surface area (Å²) in [5.41, 5.74) is 0.290. The second kappa shape index (κ2) is 5.72. The summed E-state index contributed by atoms with van der Waals surface area (Å²) in [4.78, 5) is 0.503. The van der Waals surface area contributed by atoms with Gasteiger partial charge in [0.05, 0.1) is 10.5 Å². The fraction of sp³-hybridized carbons (Fsp3) is 0.200. The third kappa shape index (κ3) is 3.36. The molecule has 0 saturated carbocycles. The zero-order chi connectivity index (χ0) is 16.8. The Balaban J connectivity index is 2.21. The van der Waals surface area contributed by atoms with E-state index in [1.807, 2.05) is 24.3 Å². The van der Waals surface area contributed by atoms with E-state index in [1.165, 1.54) is 11.8 Å². The lowest BCUT2D eigenvalue weighted by atomic mass is 10.0. The van der Waals surface area contributed by atoms with E-state index in [9.17, 15) is 21.6 Å². The lowest BCUT2D eigenvalue weighted by Crippen LogP contribution is -2.12. The molecule has 8 heteroatoms. The molecule has 0 radical (unpaired) electrons. The topological polar surface area (TPSA) is 34.1 Å². The minimum atomic E-state index is -4.78. The van der Waals surface area contributed by atoms with E-state index < -0.39 is 25.7 Å². The summed E-state index contributed by atoms with van der Waals surface area (Å²) in [5, 5.41) is 0. The number of benzene rings is 2. The summed E-state index contributed by atoms with van der Waals surface area (Å²) in [6.45, 7) is 0. The predicted octanol–water partition coefficient (Wildman–Crippen LogP) is 4.88. The van der Waals surface area contributed by atoms with E-state index in [0.29, 0.717) is 23.3 Å². The maximum atomic E-state index is 13.2. The molecule has 23 heavy (non-hydrogen) atoms. The molecule has 0 aromatic heterocycles. The van der Waals surface area contributed by atoms with Gasteiger partial charge in [-0.2, -0.15) is 13.2 Å². The molecule has 0 amide bonds. The van der Waals surface area contributed by atoms with Crippen LogP contribution in [0.1, 0.15) is 16.7 Å². The van der Waals surface area contributed by atoms with Crippen LogP contribution in [0.2, 0.25) is 0 Å². The molecule has 1 aliphatic heterocycles. The van der Waals surface area contributed by atoms with Crippen molar-refractivity contribution in [2.24, 2.45) is 0 Å². The van der Waals surface area contributed by atoms with Crippen LogP contribution in [0.4, 0.5) is 13.2 Å². The van der Waals surface area contributed by atoms with E-state index in [0.717, 1.165) is 22.6 Å². The highest BCUT2D eigenvalue weighted by atomic mass is 35.7. The SMILES string of the molecule is O=S(=O)(Cl)c1cc2c(cc1C(F)(F)F)CCc1ccccc1S2. The van der Waals surface area contributed by atoms with Gasteiger partial charge in [0.15, 0.2) is 0 Å². The predicted molar refractivity (Wildman–Crippen MR) is 82.5 cm³/mol. The Morgan fingerprint density at radius 3 is 2.30 bits per heavy atom. The number of alkyl halides is 3. The van der Waals surface area contributed by atoms with Crippen molar-refractivity contribution < 1.29 is 21.6 Å². The van der Waals surface area contributed by atoms with Crippen molar-refractivity contribution in [1.82, 2.24) is 0 Å². The summed E-state index contributed by atoms with van der Waals surface area (Å²) in [5.74, 6) is 0. The van der Waals surface area contributed by atoms with Crippen molar-refractivity contribution in [3.63, 3.8) is 0 Å². The van der Waals surface area contributed by atoms with Crippen LogP contribution < -0.4 is 0 Å². The molecule has 0 atom stereocenters. The number of hydrogen-bond donors (Lipinski definition) is 0. The van der Waals surface area contributed by atoms with Gasteiger partial charge in [0.2, 0.25) is 0 Å². The Morgan fingerprint density at radius 1 is 1.00 bits per heavy atom. The molecule has 0 aliphatic carbocycles. The molecule has 1 aliphatic rings. The Labute approximate surface area is 140 Å². The van der Waals surface area contributed by atoms with Crippen LogP contribution in [-0.4, -0.2) is 8.42 Å². The molecule has 0 unspecified atom stereocenters. The Bertz CT molecular complexity index is 877. The van der Waals surface area contributed by atoms with Gasteiger partial charge < -0.3 is 0 Å². The normalized spacial score (nSPS) is 14.8. The Kier molecular flexibility index (Phi) is 4.14. The maximum absolute atomic E-state index is 13.2. The van der Waals surface area contributed by atoms with Gasteiger partial charge in [0.25, 0.3) is 9.05 Å². The zero-order valence-electron chi connectivity index (χ0n) is 11.5. The first-order valence-corrected chi connectivity index (χ1v) is 9.73. The molecule has 1 heterocycles. The van der Waals surface area contributed by atoms with Crippen molar-refractivity contribution in [3.8, 4) is 0 Å². The first kappa shape index (κ1) is 16.7. The van der Waals surface area contributed by atoms with E-state index in [1.54, 1.807) is 0 Å². The number of fused-ring (bicyclic) bond motifs is 2. The molecule has 3 rings (SSSR count). The van der Waals surface area contributed by atoms with Gasteiger partial charge in [-0.25, -0.2) is 8.42 Å². The standard InChI is InChI=1S/C15H10ClF3O2S2/c16-23(20,21)14-8-13-10(7-11(14)15(17,18)19)6-5-9-3-1-2-4-12(9)22-13/h1-4,7-8H,5-6H2. The largest absolute Gasteiger partial charge is 0.417 e. The van der Waals surface area contributed by atoms with E-state index >= 15 is 0 Å². The number of hydrogen-bond acceptors (Lipinski definition) is 3. The molecule has 0 spiro atoms. The summed E-state index contributed by atoms with van der Waals surface area (Å²) in [6, 6.07) is 9.42. The van der Waals surface area contributed by atoms with Crippen molar-refractivity contribution in [2.45, 2.75) is 33.7 Å². The van der Waals surface area contributed by atoms with Crippen molar-refractivity contribution in [3.05, 3.63) is 53.1 Å². The molecule has 0 saturated heterocycles. The zero-order valence-corrected chi connectivity index (χ0v) is 13.9. The third-order valence-electron chi connectivity index (χ3n) is 3.59. The third-order valence-corrected chi connectivity index (χ3v) is 6.17. The minimum Gasteiger partial charge on any atom is -0.207 e. The smallest absolute Gasteiger partial charge is 0.207 e.